The summed E-state index contributed by atoms with van der Waals surface area (Å²) in [6.07, 6.45) is 1.52. The van der Waals surface area contributed by atoms with E-state index in [1.807, 2.05) is 39.4 Å². The summed E-state index contributed by atoms with van der Waals surface area (Å²) in [5.41, 5.74) is 3.10. The zero-order chi connectivity index (χ0) is 16.9. The number of methoxy groups -OCH3 is 1. The number of rotatable bonds is 7. The number of hydrogen-bond donors (Lipinski definition) is 1. The van der Waals surface area contributed by atoms with E-state index in [-0.39, 0.29) is 5.91 Å². The average molecular weight is 309 g/mol. The summed E-state index contributed by atoms with van der Waals surface area (Å²) in [7, 11) is 3.23. The molecule has 0 fully saturated rings. The highest BCUT2D eigenvalue weighted by molar-refractivity contribution is 5.84. The Morgan fingerprint density at radius 1 is 1.32 bits per heavy atom. The van der Waals surface area contributed by atoms with Crippen LogP contribution in [0.15, 0.2) is 0 Å². The van der Waals surface area contributed by atoms with E-state index in [4.69, 9.17) is 4.74 Å². The van der Waals surface area contributed by atoms with Gasteiger partial charge < -0.3 is 10.1 Å². The zero-order valence-electron chi connectivity index (χ0n) is 14.4. The number of amides is 1. The van der Waals surface area contributed by atoms with Gasteiger partial charge in [-0.05, 0) is 38.2 Å². The van der Waals surface area contributed by atoms with Gasteiger partial charge in [-0.2, -0.15) is 5.10 Å². The number of carbonyl (C=O) groups is 2. The second kappa shape index (κ2) is 7.96. The van der Waals surface area contributed by atoms with Crippen molar-refractivity contribution in [3.63, 3.8) is 0 Å². The molecule has 1 atom stereocenters. The van der Waals surface area contributed by atoms with Gasteiger partial charge in [0.1, 0.15) is 6.04 Å². The Bertz CT molecular complexity index is 535. The molecule has 0 aliphatic heterocycles. The van der Waals surface area contributed by atoms with Gasteiger partial charge in [0, 0.05) is 19.2 Å². The lowest BCUT2D eigenvalue weighted by Gasteiger charge is -2.18. The maximum Gasteiger partial charge on any atom is 0.328 e. The first kappa shape index (κ1) is 18.2. The number of aromatic nitrogens is 2. The van der Waals surface area contributed by atoms with Crippen LogP contribution in [0.2, 0.25) is 0 Å². The predicted molar refractivity (Wildman–Crippen MR) is 84.4 cm³/mol. The highest BCUT2D eigenvalue weighted by atomic mass is 16.5. The van der Waals surface area contributed by atoms with Gasteiger partial charge in [-0.3, -0.25) is 9.48 Å². The van der Waals surface area contributed by atoms with E-state index in [0.29, 0.717) is 25.2 Å². The van der Waals surface area contributed by atoms with Crippen LogP contribution in [0.4, 0.5) is 0 Å². The fourth-order valence-corrected chi connectivity index (χ4v) is 2.51. The quantitative estimate of drug-likeness (QED) is 0.778. The minimum Gasteiger partial charge on any atom is -0.467 e. The van der Waals surface area contributed by atoms with Crippen LogP contribution in [-0.2, 0) is 27.8 Å². The molecule has 1 rings (SSSR count). The molecule has 1 heterocycles. The van der Waals surface area contributed by atoms with Crippen molar-refractivity contribution in [3.05, 3.63) is 17.0 Å². The molecule has 0 spiro atoms. The maximum absolute atomic E-state index is 12.1. The first-order valence-corrected chi connectivity index (χ1v) is 7.62. The molecule has 22 heavy (non-hydrogen) atoms. The highest BCUT2D eigenvalue weighted by Gasteiger charge is 2.22. The number of carbonyl (C=O) groups excluding carboxylic acids is 2. The van der Waals surface area contributed by atoms with Crippen LogP contribution >= 0.6 is 0 Å². The predicted octanol–water partition coefficient (Wildman–Crippen LogP) is 1.67. The van der Waals surface area contributed by atoms with Crippen molar-refractivity contribution < 1.29 is 14.3 Å². The fraction of sp³-hybridized carbons (Fsp3) is 0.688. The van der Waals surface area contributed by atoms with Crippen LogP contribution in [0.1, 0.15) is 43.6 Å². The van der Waals surface area contributed by atoms with E-state index in [2.05, 4.69) is 10.4 Å². The van der Waals surface area contributed by atoms with Gasteiger partial charge in [-0.15, -0.1) is 0 Å². The third-order valence-corrected chi connectivity index (χ3v) is 3.79. The summed E-state index contributed by atoms with van der Waals surface area (Å²) < 4.78 is 6.57. The van der Waals surface area contributed by atoms with Gasteiger partial charge in [0.25, 0.3) is 0 Å². The van der Waals surface area contributed by atoms with E-state index in [1.54, 1.807) is 0 Å². The first-order valence-electron chi connectivity index (χ1n) is 7.62. The lowest BCUT2D eigenvalue weighted by atomic mass is 10.0. The van der Waals surface area contributed by atoms with E-state index in [9.17, 15) is 9.59 Å². The average Bonchev–Trinajstić information content (AvgIpc) is 2.68. The van der Waals surface area contributed by atoms with Gasteiger partial charge in [0.2, 0.25) is 5.91 Å². The van der Waals surface area contributed by atoms with Crippen LogP contribution in [0.25, 0.3) is 0 Å². The lowest BCUT2D eigenvalue weighted by Crippen LogP contribution is -2.42. The molecular formula is C16H27N3O3. The summed E-state index contributed by atoms with van der Waals surface area (Å²) >= 11 is 0. The Morgan fingerprint density at radius 2 is 1.95 bits per heavy atom. The van der Waals surface area contributed by atoms with Gasteiger partial charge in [0.05, 0.1) is 12.8 Å². The van der Waals surface area contributed by atoms with E-state index < -0.39 is 12.0 Å². The molecule has 0 aliphatic rings. The monoisotopic (exact) mass is 309 g/mol. The van der Waals surface area contributed by atoms with Crippen LogP contribution in [0.3, 0.4) is 0 Å². The van der Waals surface area contributed by atoms with Crippen molar-refractivity contribution in [2.45, 2.75) is 53.0 Å². The molecule has 1 amide bonds. The standard InChI is InChI=1S/C16H27N3O3/c1-10(2)9-14(16(21)22-6)17-15(20)8-7-13-11(3)18-19(5)12(13)4/h10,14H,7-9H2,1-6H3,(H,17,20)/t14-/m1/s1. The second-order valence-electron chi connectivity index (χ2n) is 6.05. The van der Waals surface area contributed by atoms with Gasteiger partial charge in [-0.1, -0.05) is 13.8 Å². The number of esters is 1. The summed E-state index contributed by atoms with van der Waals surface area (Å²) in [6, 6.07) is -0.575. The molecule has 1 aromatic rings. The van der Waals surface area contributed by atoms with Crippen LogP contribution in [-0.4, -0.2) is 34.8 Å². The van der Waals surface area contributed by atoms with Crippen LogP contribution in [0.5, 0.6) is 0 Å². The molecule has 0 aromatic carbocycles. The number of hydrogen-bond acceptors (Lipinski definition) is 4. The molecule has 0 saturated carbocycles. The van der Waals surface area contributed by atoms with Gasteiger partial charge in [-0.25, -0.2) is 4.79 Å². The molecule has 1 N–H and O–H groups in total. The summed E-state index contributed by atoms with van der Waals surface area (Å²) in [6.45, 7) is 7.94. The Labute approximate surface area is 132 Å². The van der Waals surface area contributed by atoms with Crippen LogP contribution in [0, 0.1) is 19.8 Å². The molecule has 0 radical (unpaired) electrons. The van der Waals surface area contributed by atoms with Crippen molar-refractivity contribution in [3.8, 4) is 0 Å². The molecule has 6 nitrogen and oxygen atoms in total. The van der Waals surface area contributed by atoms with E-state index in [0.717, 1.165) is 17.0 Å². The zero-order valence-corrected chi connectivity index (χ0v) is 14.4. The van der Waals surface area contributed by atoms with E-state index in [1.165, 1.54) is 7.11 Å². The number of ether oxygens (including phenoxy) is 1. The smallest absolute Gasteiger partial charge is 0.328 e. The van der Waals surface area contributed by atoms with Crippen molar-refractivity contribution in [2.24, 2.45) is 13.0 Å². The maximum atomic E-state index is 12.1. The summed E-state index contributed by atoms with van der Waals surface area (Å²) in [5, 5.41) is 7.12. The van der Waals surface area contributed by atoms with Crippen molar-refractivity contribution in [1.29, 1.82) is 0 Å². The molecule has 0 bridgehead atoms. The Balaban J connectivity index is 2.62. The first-order chi connectivity index (χ1) is 10.3. The fourth-order valence-electron chi connectivity index (χ4n) is 2.51. The SMILES string of the molecule is COC(=O)[C@@H](CC(C)C)NC(=O)CCc1c(C)nn(C)c1C. The second-order valence-corrected chi connectivity index (χ2v) is 6.05. The minimum atomic E-state index is -0.575. The van der Waals surface area contributed by atoms with Crippen molar-refractivity contribution >= 4 is 11.9 Å². The molecule has 6 heteroatoms. The van der Waals surface area contributed by atoms with Crippen molar-refractivity contribution in [2.75, 3.05) is 7.11 Å². The number of nitrogens with one attached hydrogen (secondary N) is 1. The summed E-state index contributed by atoms with van der Waals surface area (Å²) in [4.78, 5) is 23.8. The lowest BCUT2D eigenvalue weighted by molar-refractivity contribution is -0.145. The molecule has 0 saturated heterocycles. The number of aryl methyl sites for hydroxylation is 2. The Hall–Kier alpha value is -1.85. The molecule has 0 aliphatic carbocycles. The number of nitrogens with zero attached hydrogens (tertiary/aromatic N) is 2. The molecule has 1 aromatic heterocycles. The third kappa shape index (κ3) is 4.86. The van der Waals surface area contributed by atoms with Gasteiger partial charge in [0.15, 0.2) is 0 Å². The summed E-state index contributed by atoms with van der Waals surface area (Å²) in [5.74, 6) is -0.235. The third-order valence-electron chi connectivity index (χ3n) is 3.79. The molecule has 124 valence electrons. The van der Waals surface area contributed by atoms with Crippen molar-refractivity contribution in [1.82, 2.24) is 15.1 Å². The van der Waals surface area contributed by atoms with E-state index >= 15 is 0 Å². The van der Waals surface area contributed by atoms with Crippen LogP contribution < -0.4 is 5.32 Å². The Morgan fingerprint density at radius 3 is 2.41 bits per heavy atom. The molecular weight excluding hydrogens is 282 g/mol. The Kier molecular flexibility index (Phi) is 6.59. The topological polar surface area (TPSA) is 73.2 Å². The minimum absolute atomic E-state index is 0.140. The largest absolute Gasteiger partial charge is 0.467 e. The normalized spacial score (nSPS) is 12.3. The highest BCUT2D eigenvalue weighted by Crippen LogP contribution is 2.14. The van der Waals surface area contributed by atoms with Gasteiger partial charge >= 0.3 is 5.97 Å². The molecule has 0 unspecified atom stereocenters.